The van der Waals surface area contributed by atoms with Crippen LogP contribution >= 0.6 is 0 Å². The number of hydrogen-bond acceptors (Lipinski definition) is 6. The Bertz CT molecular complexity index is 1250. The SMILES string of the molecule is COC(=O)[C@H](C)COc1cc2c(cc1C(F)F)N(c1ccc(F)cc1)C[C@@H](CCC(C)(F)F)N(C)S2(=O)=O. The molecule has 0 unspecified atom stereocenters. The van der Waals surface area contributed by atoms with Crippen LogP contribution in [0.4, 0.5) is 33.3 Å². The van der Waals surface area contributed by atoms with E-state index in [1.807, 2.05) is 0 Å². The van der Waals surface area contributed by atoms with Crippen LogP contribution in [0.1, 0.15) is 38.7 Å². The van der Waals surface area contributed by atoms with E-state index in [1.165, 1.54) is 31.0 Å². The van der Waals surface area contributed by atoms with Crippen molar-refractivity contribution in [2.75, 3.05) is 32.2 Å². The van der Waals surface area contributed by atoms with Crippen molar-refractivity contribution in [3.05, 3.63) is 47.8 Å². The molecule has 3 rings (SSSR count). The Morgan fingerprint density at radius 1 is 1.18 bits per heavy atom. The molecule has 2 aromatic rings. The highest BCUT2D eigenvalue weighted by Crippen LogP contribution is 2.44. The first-order chi connectivity index (χ1) is 17.7. The van der Waals surface area contributed by atoms with Crippen LogP contribution < -0.4 is 9.64 Å². The minimum Gasteiger partial charge on any atom is -0.492 e. The second-order valence-electron chi connectivity index (χ2n) is 9.26. The van der Waals surface area contributed by atoms with Gasteiger partial charge in [-0.15, -0.1) is 0 Å². The van der Waals surface area contributed by atoms with Gasteiger partial charge in [0.15, 0.2) is 0 Å². The summed E-state index contributed by atoms with van der Waals surface area (Å²) in [5.74, 6) is -5.58. The van der Waals surface area contributed by atoms with Crippen LogP contribution in [-0.2, 0) is 19.6 Å². The number of sulfonamides is 1. The molecule has 0 spiro atoms. The van der Waals surface area contributed by atoms with Gasteiger partial charge in [-0.25, -0.2) is 30.4 Å². The summed E-state index contributed by atoms with van der Waals surface area (Å²) in [6.07, 6.45) is -3.93. The van der Waals surface area contributed by atoms with E-state index in [4.69, 9.17) is 4.74 Å². The lowest BCUT2D eigenvalue weighted by Gasteiger charge is -2.30. The normalized spacial score (nSPS) is 18.6. The third-order valence-corrected chi connectivity index (χ3v) is 8.27. The quantitative estimate of drug-likeness (QED) is 0.295. The zero-order valence-electron chi connectivity index (χ0n) is 21.3. The van der Waals surface area contributed by atoms with Crippen molar-refractivity contribution in [2.24, 2.45) is 5.92 Å². The Labute approximate surface area is 218 Å². The molecule has 0 aliphatic carbocycles. The maximum Gasteiger partial charge on any atom is 0.311 e. The van der Waals surface area contributed by atoms with Gasteiger partial charge in [-0.05, 0) is 50.6 Å². The maximum absolute atomic E-state index is 14.1. The molecule has 0 N–H and O–H groups in total. The lowest BCUT2D eigenvalue weighted by molar-refractivity contribution is -0.145. The third kappa shape index (κ3) is 6.55. The fourth-order valence-electron chi connectivity index (χ4n) is 4.10. The second-order valence-corrected chi connectivity index (χ2v) is 11.2. The number of alkyl halides is 4. The van der Waals surface area contributed by atoms with Crippen LogP contribution in [0.5, 0.6) is 5.75 Å². The molecule has 13 heteroatoms. The number of carbonyl (C=O) groups excluding carboxylic acids is 1. The van der Waals surface area contributed by atoms with Crippen LogP contribution in [0.2, 0.25) is 0 Å². The van der Waals surface area contributed by atoms with Gasteiger partial charge in [0.05, 0.1) is 24.3 Å². The minimum atomic E-state index is -4.39. The summed E-state index contributed by atoms with van der Waals surface area (Å²) in [6, 6.07) is 5.85. The topological polar surface area (TPSA) is 76.2 Å². The highest BCUT2D eigenvalue weighted by Gasteiger charge is 2.39. The number of esters is 1. The average molecular weight is 565 g/mol. The van der Waals surface area contributed by atoms with Crippen molar-refractivity contribution >= 4 is 27.4 Å². The smallest absolute Gasteiger partial charge is 0.311 e. The Morgan fingerprint density at radius 3 is 2.37 bits per heavy atom. The van der Waals surface area contributed by atoms with Gasteiger partial charge < -0.3 is 14.4 Å². The standard InChI is InChI=1S/C25H29F5N2O5S/c1-15(24(33)36-4)14-37-21-12-22-20(11-19(21)23(27)28)32(17-7-5-16(26)6-8-17)13-18(9-10-25(2,29)30)31(3)38(22,34)35/h5-8,11-12,15,18,23H,9-10,13-14H2,1-4H3/t15-,18-/m1/s1. The van der Waals surface area contributed by atoms with Crippen molar-refractivity contribution in [2.45, 2.75) is 50.0 Å². The summed E-state index contributed by atoms with van der Waals surface area (Å²) in [7, 11) is -2.01. The van der Waals surface area contributed by atoms with Gasteiger partial charge in [-0.2, -0.15) is 4.31 Å². The molecular weight excluding hydrogens is 535 g/mol. The summed E-state index contributed by atoms with van der Waals surface area (Å²) in [5.41, 5.74) is -0.498. The molecule has 0 radical (unpaired) electrons. The molecule has 2 atom stereocenters. The predicted molar refractivity (Wildman–Crippen MR) is 130 cm³/mol. The van der Waals surface area contributed by atoms with E-state index >= 15 is 0 Å². The van der Waals surface area contributed by atoms with E-state index in [-0.39, 0.29) is 30.9 Å². The number of methoxy groups -OCH3 is 1. The van der Waals surface area contributed by atoms with E-state index in [2.05, 4.69) is 4.74 Å². The zero-order chi connectivity index (χ0) is 28.4. The lowest BCUT2D eigenvalue weighted by atomic mass is 10.1. The first-order valence-electron chi connectivity index (χ1n) is 11.7. The van der Waals surface area contributed by atoms with E-state index in [9.17, 15) is 35.2 Å². The monoisotopic (exact) mass is 564 g/mol. The number of rotatable bonds is 9. The number of nitrogens with zero attached hydrogens (tertiary/aromatic N) is 2. The first-order valence-corrected chi connectivity index (χ1v) is 13.2. The number of ether oxygens (including phenoxy) is 2. The molecule has 0 fully saturated rings. The fraction of sp³-hybridized carbons (Fsp3) is 0.480. The van der Waals surface area contributed by atoms with Gasteiger partial charge in [0.2, 0.25) is 15.9 Å². The number of anilines is 2. The molecule has 2 aromatic carbocycles. The fourth-order valence-corrected chi connectivity index (χ4v) is 5.66. The first kappa shape index (κ1) is 29.6. The van der Waals surface area contributed by atoms with Crippen molar-refractivity contribution in [1.82, 2.24) is 4.31 Å². The molecule has 1 heterocycles. The maximum atomic E-state index is 14.1. The molecule has 0 aromatic heterocycles. The Kier molecular flexibility index (Phi) is 8.92. The summed E-state index contributed by atoms with van der Waals surface area (Å²) < 4.78 is 108. The van der Waals surface area contributed by atoms with Crippen molar-refractivity contribution < 1.29 is 44.6 Å². The zero-order valence-corrected chi connectivity index (χ0v) is 22.1. The van der Waals surface area contributed by atoms with Crippen LogP contribution in [0, 0.1) is 11.7 Å². The summed E-state index contributed by atoms with van der Waals surface area (Å²) in [4.78, 5) is 12.7. The molecule has 38 heavy (non-hydrogen) atoms. The molecule has 0 amide bonds. The second kappa shape index (κ2) is 11.4. The predicted octanol–water partition coefficient (Wildman–Crippen LogP) is 5.53. The molecule has 0 saturated carbocycles. The molecular formula is C25H29F5N2O5S. The molecule has 7 nitrogen and oxygen atoms in total. The summed E-state index contributed by atoms with van der Waals surface area (Å²) >= 11 is 0. The highest BCUT2D eigenvalue weighted by atomic mass is 32.2. The Hall–Kier alpha value is -2.93. The number of carbonyl (C=O) groups is 1. The molecule has 210 valence electrons. The summed E-state index contributed by atoms with van der Waals surface area (Å²) in [6.45, 7) is 1.65. The lowest BCUT2D eigenvalue weighted by Crippen LogP contribution is -2.41. The largest absolute Gasteiger partial charge is 0.492 e. The van der Waals surface area contributed by atoms with Crippen molar-refractivity contribution in [3.63, 3.8) is 0 Å². The van der Waals surface area contributed by atoms with E-state index in [0.29, 0.717) is 0 Å². The highest BCUT2D eigenvalue weighted by molar-refractivity contribution is 7.89. The van der Waals surface area contributed by atoms with E-state index in [0.717, 1.165) is 42.6 Å². The van der Waals surface area contributed by atoms with Gasteiger partial charge in [-0.1, -0.05) is 0 Å². The van der Waals surface area contributed by atoms with E-state index in [1.54, 1.807) is 0 Å². The molecule has 1 aliphatic rings. The van der Waals surface area contributed by atoms with Gasteiger partial charge in [0.1, 0.15) is 23.1 Å². The van der Waals surface area contributed by atoms with Crippen LogP contribution in [0.15, 0.2) is 41.3 Å². The Morgan fingerprint density at radius 2 is 1.82 bits per heavy atom. The minimum absolute atomic E-state index is 0.141. The number of fused-ring (bicyclic) bond motifs is 1. The van der Waals surface area contributed by atoms with E-state index < -0.39 is 68.7 Å². The molecule has 1 aliphatic heterocycles. The average Bonchev–Trinajstić information content (AvgIpc) is 2.93. The van der Waals surface area contributed by atoms with Gasteiger partial charge in [-0.3, -0.25) is 4.79 Å². The molecule has 0 saturated heterocycles. The number of hydrogen-bond donors (Lipinski definition) is 0. The number of halogens is 5. The number of benzene rings is 2. The van der Waals surface area contributed by atoms with Gasteiger partial charge in [0.25, 0.3) is 6.43 Å². The molecule has 0 bridgehead atoms. The van der Waals surface area contributed by atoms with Crippen molar-refractivity contribution in [3.8, 4) is 5.75 Å². The van der Waals surface area contributed by atoms with Crippen LogP contribution in [0.25, 0.3) is 0 Å². The Balaban J connectivity index is 2.18. The van der Waals surface area contributed by atoms with Crippen LogP contribution in [-0.4, -0.2) is 58.0 Å². The summed E-state index contributed by atoms with van der Waals surface area (Å²) in [5, 5.41) is 0. The third-order valence-electron chi connectivity index (χ3n) is 6.33. The van der Waals surface area contributed by atoms with Crippen LogP contribution in [0.3, 0.4) is 0 Å². The van der Waals surface area contributed by atoms with Gasteiger partial charge in [0, 0.05) is 37.8 Å². The van der Waals surface area contributed by atoms with Crippen molar-refractivity contribution in [1.29, 1.82) is 0 Å². The van der Waals surface area contributed by atoms with Gasteiger partial charge >= 0.3 is 5.97 Å². The number of likely N-dealkylation sites (N-methyl/N-ethyl adjacent to an activating group) is 1.